The first-order chi connectivity index (χ1) is 13.3. The van der Waals surface area contributed by atoms with E-state index in [0.717, 1.165) is 18.7 Å². The smallest absolute Gasteiger partial charge is 0.241 e. The van der Waals surface area contributed by atoms with E-state index < -0.39 is 0 Å². The standard InChI is InChI=1S/C22H22N2OS2/c1-2-12-24(17-7-4-3-5-8-17)21(25)16-23-13-10-19-18(11-15-27-19)22(23)20-9-6-14-26-20/h2-9,11,14-15,22H,1,10,12-13,16H2. The van der Waals surface area contributed by atoms with Gasteiger partial charge in [0, 0.05) is 28.5 Å². The Bertz CT molecular complexity index is 902. The summed E-state index contributed by atoms with van der Waals surface area (Å²) in [5, 5.41) is 4.29. The Kier molecular flexibility index (Phi) is 5.53. The van der Waals surface area contributed by atoms with Gasteiger partial charge in [0.2, 0.25) is 5.91 Å². The largest absolute Gasteiger partial charge is 0.308 e. The van der Waals surface area contributed by atoms with Crippen molar-refractivity contribution < 1.29 is 4.79 Å². The number of carbonyl (C=O) groups is 1. The molecule has 1 amide bonds. The normalized spacial score (nSPS) is 16.7. The van der Waals surface area contributed by atoms with Crippen LogP contribution < -0.4 is 4.90 Å². The summed E-state index contributed by atoms with van der Waals surface area (Å²) in [6, 6.07) is 16.5. The topological polar surface area (TPSA) is 23.6 Å². The van der Waals surface area contributed by atoms with Crippen LogP contribution in [0.3, 0.4) is 0 Å². The lowest BCUT2D eigenvalue weighted by atomic mass is 9.98. The molecule has 138 valence electrons. The van der Waals surface area contributed by atoms with Crippen LogP contribution in [0.2, 0.25) is 0 Å². The highest BCUT2D eigenvalue weighted by Crippen LogP contribution is 2.39. The molecule has 0 bridgehead atoms. The second-order valence-electron chi connectivity index (χ2n) is 6.57. The van der Waals surface area contributed by atoms with E-state index in [2.05, 4.69) is 40.4 Å². The molecule has 0 saturated carbocycles. The van der Waals surface area contributed by atoms with Gasteiger partial charge in [0.05, 0.1) is 12.6 Å². The second-order valence-corrected chi connectivity index (χ2v) is 8.55. The summed E-state index contributed by atoms with van der Waals surface area (Å²) < 4.78 is 0. The van der Waals surface area contributed by atoms with E-state index >= 15 is 0 Å². The maximum absolute atomic E-state index is 13.2. The third-order valence-electron chi connectivity index (χ3n) is 4.90. The van der Waals surface area contributed by atoms with Gasteiger partial charge in [0.1, 0.15) is 0 Å². The van der Waals surface area contributed by atoms with Crippen LogP contribution in [0, 0.1) is 0 Å². The number of nitrogens with zero attached hydrogens (tertiary/aromatic N) is 2. The first-order valence-corrected chi connectivity index (χ1v) is 10.8. The molecule has 1 aliphatic heterocycles. The van der Waals surface area contributed by atoms with E-state index in [4.69, 9.17) is 0 Å². The summed E-state index contributed by atoms with van der Waals surface area (Å²) in [6.07, 6.45) is 2.80. The first-order valence-electron chi connectivity index (χ1n) is 9.08. The number of hydrogen-bond donors (Lipinski definition) is 0. The van der Waals surface area contributed by atoms with E-state index in [0.29, 0.717) is 13.1 Å². The fourth-order valence-electron chi connectivity index (χ4n) is 3.67. The summed E-state index contributed by atoms with van der Waals surface area (Å²) in [5.41, 5.74) is 2.28. The first kappa shape index (κ1) is 18.2. The van der Waals surface area contributed by atoms with Crippen LogP contribution >= 0.6 is 22.7 Å². The quantitative estimate of drug-likeness (QED) is 0.551. The third-order valence-corrected chi connectivity index (χ3v) is 6.82. The van der Waals surface area contributed by atoms with Gasteiger partial charge in [-0.05, 0) is 47.0 Å². The molecule has 3 heterocycles. The zero-order chi connectivity index (χ0) is 18.6. The number of amides is 1. The number of anilines is 1. The van der Waals surface area contributed by atoms with E-state index in [1.807, 2.05) is 46.6 Å². The molecule has 27 heavy (non-hydrogen) atoms. The van der Waals surface area contributed by atoms with Crippen molar-refractivity contribution in [1.29, 1.82) is 0 Å². The molecule has 4 rings (SSSR count). The Morgan fingerprint density at radius 2 is 2.00 bits per heavy atom. The van der Waals surface area contributed by atoms with Crippen molar-refractivity contribution in [2.45, 2.75) is 12.5 Å². The molecular formula is C22H22N2OS2. The number of hydrogen-bond acceptors (Lipinski definition) is 4. The Morgan fingerprint density at radius 1 is 1.15 bits per heavy atom. The highest BCUT2D eigenvalue weighted by atomic mass is 32.1. The molecule has 1 unspecified atom stereocenters. The number of carbonyl (C=O) groups excluding carboxylic acids is 1. The van der Waals surface area contributed by atoms with Crippen molar-refractivity contribution in [3.63, 3.8) is 0 Å². The van der Waals surface area contributed by atoms with Gasteiger partial charge in [-0.3, -0.25) is 9.69 Å². The summed E-state index contributed by atoms with van der Waals surface area (Å²) in [7, 11) is 0. The Labute approximate surface area is 168 Å². The van der Waals surface area contributed by atoms with Crippen LogP contribution in [0.5, 0.6) is 0 Å². The van der Waals surface area contributed by atoms with E-state index in [1.54, 1.807) is 17.4 Å². The van der Waals surface area contributed by atoms with Gasteiger partial charge in [-0.1, -0.05) is 30.3 Å². The number of fused-ring (bicyclic) bond motifs is 1. The minimum atomic E-state index is 0.112. The monoisotopic (exact) mass is 394 g/mol. The predicted molar refractivity (Wildman–Crippen MR) is 115 cm³/mol. The molecule has 1 aliphatic rings. The molecular weight excluding hydrogens is 372 g/mol. The van der Waals surface area contributed by atoms with E-state index in [9.17, 15) is 4.79 Å². The SMILES string of the molecule is C=CCN(C(=O)CN1CCc2sccc2C1c1cccs1)c1ccccc1. The summed E-state index contributed by atoms with van der Waals surface area (Å²) in [4.78, 5) is 20.1. The average Bonchev–Trinajstić information content (AvgIpc) is 3.38. The van der Waals surface area contributed by atoms with E-state index in [1.165, 1.54) is 15.3 Å². The molecule has 3 aromatic rings. The lowest BCUT2D eigenvalue weighted by Gasteiger charge is -2.36. The summed E-state index contributed by atoms with van der Waals surface area (Å²) in [6.45, 7) is 5.65. The van der Waals surface area contributed by atoms with E-state index in [-0.39, 0.29) is 11.9 Å². The van der Waals surface area contributed by atoms with Crippen LogP contribution in [0.15, 0.2) is 71.9 Å². The maximum Gasteiger partial charge on any atom is 0.241 e. The number of benzene rings is 1. The number of rotatable bonds is 6. The van der Waals surface area contributed by atoms with Crippen molar-refractivity contribution in [2.24, 2.45) is 0 Å². The van der Waals surface area contributed by atoms with Gasteiger partial charge >= 0.3 is 0 Å². The molecule has 0 spiro atoms. The van der Waals surface area contributed by atoms with Gasteiger partial charge in [0.25, 0.3) is 0 Å². The summed E-state index contributed by atoms with van der Waals surface area (Å²) in [5.74, 6) is 0.112. The lowest BCUT2D eigenvalue weighted by molar-refractivity contribution is -0.120. The molecule has 0 aliphatic carbocycles. The van der Waals surface area contributed by atoms with Crippen molar-refractivity contribution in [1.82, 2.24) is 4.90 Å². The molecule has 0 radical (unpaired) electrons. The van der Waals surface area contributed by atoms with Crippen LogP contribution in [-0.4, -0.2) is 30.4 Å². The van der Waals surface area contributed by atoms with Gasteiger partial charge in [-0.15, -0.1) is 29.3 Å². The lowest BCUT2D eigenvalue weighted by Crippen LogP contribution is -2.44. The van der Waals surface area contributed by atoms with Gasteiger partial charge in [-0.2, -0.15) is 0 Å². The van der Waals surface area contributed by atoms with Crippen molar-refractivity contribution in [3.8, 4) is 0 Å². The molecule has 1 atom stereocenters. The van der Waals surface area contributed by atoms with Gasteiger partial charge < -0.3 is 4.90 Å². The van der Waals surface area contributed by atoms with Gasteiger partial charge in [0.15, 0.2) is 0 Å². The maximum atomic E-state index is 13.2. The second kappa shape index (κ2) is 8.21. The molecule has 0 fully saturated rings. The zero-order valence-electron chi connectivity index (χ0n) is 15.1. The fourth-order valence-corrected chi connectivity index (χ4v) is 5.45. The molecule has 2 aromatic heterocycles. The molecule has 0 saturated heterocycles. The average molecular weight is 395 g/mol. The molecule has 3 nitrogen and oxygen atoms in total. The molecule has 0 N–H and O–H groups in total. The van der Waals surface area contributed by atoms with Crippen molar-refractivity contribution >= 4 is 34.3 Å². The Morgan fingerprint density at radius 3 is 2.74 bits per heavy atom. The van der Waals surface area contributed by atoms with Crippen molar-refractivity contribution in [2.75, 3.05) is 24.5 Å². The Balaban J connectivity index is 1.60. The highest BCUT2D eigenvalue weighted by molar-refractivity contribution is 7.10. The molecule has 1 aromatic carbocycles. The van der Waals surface area contributed by atoms with Crippen LogP contribution in [0.25, 0.3) is 0 Å². The predicted octanol–water partition coefficient (Wildman–Crippen LogP) is 4.98. The minimum absolute atomic E-state index is 0.112. The van der Waals surface area contributed by atoms with Gasteiger partial charge in [-0.25, -0.2) is 0 Å². The van der Waals surface area contributed by atoms with Crippen LogP contribution in [0.1, 0.15) is 21.4 Å². The zero-order valence-corrected chi connectivity index (χ0v) is 16.7. The third kappa shape index (κ3) is 3.76. The molecule has 5 heteroatoms. The number of thiophene rings is 2. The Hall–Kier alpha value is -2.21. The van der Waals surface area contributed by atoms with Crippen LogP contribution in [-0.2, 0) is 11.2 Å². The fraction of sp³-hybridized carbons (Fsp3) is 0.227. The highest BCUT2D eigenvalue weighted by Gasteiger charge is 2.32. The summed E-state index contributed by atoms with van der Waals surface area (Å²) >= 11 is 3.59. The van der Waals surface area contributed by atoms with Crippen molar-refractivity contribution in [3.05, 3.63) is 87.3 Å². The number of para-hydroxylation sites is 1. The van der Waals surface area contributed by atoms with Crippen LogP contribution in [0.4, 0.5) is 5.69 Å². The minimum Gasteiger partial charge on any atom is -0.308 e.